The monoisotopic (exact) mass is 500 g/mol. The van der Waals surface area contributed by atoms with Crippen LogP contribution in [0.25, 0.3) is 21.9 Å². The zero-order valence-corrected chi connectivity index (χ0v) is 20.8. The van der Waals surface area contributed by atoms with Gasteiger partial charge in [0.1, 0.15) is 5.82 Å². The van der Waals surface area contributed by atoms with Crippen molar-refractivity contribution in [3.8, 4) is 0 Å². The number of H-pyrrole nitrogens is 1. The summed E-state index contributed by atoms with van der Waals surface area (Å²) in [7, 11) is 0. The lowest BCUT2D eigenvalue weighted by molar-refractivity contribution is 0.176. The van der Waals surface area contributed by atoms with Crippen LogP contribution in [-0.2, 0) is 19.5 Å². The van der Waals surface area contributed by atoms with Crippen LogP contribution < -0.4 is 11.2 Å². The molecule has 0 bridgehead atoms. The van der Waals surface area contributed by atoms with Crippen LogP contribution >= 0.6 is 11.3 Å². The summed E-state index contributed by atoms with van der Waals surface area (Å²) in [5, 5.41) is 2.65. The molecule has 0 atom stereocenters. The molecule has 9 heteroatoms. The van der Waals surface area contributed by atoms with Crippen LogP contribution in [0.2, 0.25) is 0 Å². The molecule has 0 aliphatic carbocycles. The molecular formula is C27H28N6O2S. The van der Waals surface area contributed by atoms with Gasteiger partial charge in [-0.05, 0) is 56.1 Å². The molecule has 1 aliphatic rings. The number of hydrogen-bond acceptors (Lipinski definition) is 6. The molecule has 184 valence electrons. The molecule has 5 aromatic rings. The van der Waals surface area contributed by atoms with E-state index in [2.05, 4.69) is 43.0 Å². The van der Waals surface area contributed by atoms with Crippen LogP contribution in [0.3, 0.4) is 0 Å². The molecule has 0 saturated carbocycles. The molecule has 0 spiro atoms. The highest BCUT2D eigenvalue weighted by molar-refractivity contribution is 7.07. The van der Waals surface area contributed by atoms with Crippen LogP contribution in [0, 0.1) is 5.92 Å². The largest absolute Gasteiger partial charge is 0.328 e. The molecule has 1 N–H and O–H groups in total. The fourth-order valence-electron chi connectivity index (χ4n) is 5.25. The number of thiazole rings is 1. The summed E-state index contributed by atoms with van der Waals surface area (Å²) in [5.41, 5.74) is 5.17. The fourth-order valence-corrected chi connectivity index (χ4v) is 5.80. The van der Waals surface area contributed by atoms with Crippen molar-refractivity contribution in [1.29, 1.82) is 0 Å². The minimum Gasteiger partial charge on any atom is -0.322 e. The van der Waals surface area contributed by atoms with Gasteiger partial charge in [-0.2, -0.15) is 0 Å². The van der Waals surface area contributed by atoms with E-state index in [1.807, 2.05) is 23.7 Å². The van der Waals surface area contributed by atoms with Gasteiger partial charge >= 0.3 is 5.69 Å². The predicted molar refractivity (Wildman–Crippen MR) is 143 cm³/mol. The number of likely N-dealkylation sites (tertiary alicyclic amines) is 1. The molecule has 2 aromatic carbocycles. The van der Waals surface area contributed by atoms with Crippen molar-refractivity contribution in [3.05, 3.63) is 91.8 Å². The third-order valence-corrected chi connectivity index (χ3v) is 7.88. The van der Waals surface area contributed by atoms with Crippen LogP contribution in [0.5, 0.6) is 0 Å². The summed E-state index contributed by atoms with van der Waals surface area (Å²) >= 11 is 1.62. The first-order chi connectivity index (χ1) is 17.7. The molecule has 36 heavy (non-hydrogen) atoms. The number of piperidine rings is 1. The van der Waals surface area contributed by atoms with Gasteiger partial charge < -0.3 is 14.5 Å². The number of nitrogens with one attached hydrogen (secondary N) is 1. The van der Waals surface area contributed by atoms with Crippen molar-refractivity contribution in [3.63, 3.8) is 0 Å². The average molecular weight is 501 g/mol. The summed E-state index contributed by atoms with van der Waals surface area (Å²) in [6.07, 6.45) is 3.09. The maximum absolute atomic E-state index is 12.8. The SMILES string of the molecule is O=c1[nH]c2ccccc2c(=O)n1CCN1CCC(Cc2nc3ccccc3n2Cc2cscn2)CC1. The van der Waals surface area contributed by atoms with Crippen molar-refractivity contribution in [1.82, 2.24) is 29.0 Å². The first-order valence-electron chi connectivity index (χ1n) is 12.4. The predicted octanol–water partition coefficient (Wildman–Crippen LogP) is 3.50. The maximum Gasteiger partial charge on any atom is 0.328 e. The van der Waals surface area contributed by atoms with E-state index in [-0.39, 0.29) is 11.2 Å². The van der Waals surface area contributed by atoms with E-state index in [0.717, 1.165) is 61.4 Å². The van der Waals surface area contributed by atoms with Crippen LogP contribution in [0.4, 0.5) is 0 Å². The van der Waals surface area contributed by atoms with E-state index in [1.54, 1.807) is 23.5 Å². The molecule has 3 aromatic heterocycles. The third-order valence-electron chi connectivity index (χ3n) is 7.24. The Kier molecular flexibility index (Phi) is 6.25. The molecule has 8 nitrogen and oxygen atoms in total. The second kappa shape index (κ2) is 9.83. The molecule has 0 radical (unpaired) electrons. The number of aromatic amines is 1. The quantitative estimate of drug-likeness (QED) is 0.370. The van der Waals surface area contributed by atoms with Crippen molar-refractivity contribution < 1.29 is 0 Å². The van der Waals surface area contributed by atoms with E-state index in [9.17, 15) is 9.59 Å². The van der Waals surface area contributed by atoms with Crippen molar-refractivity contribution in [2.24, 2.45) is 5.92 Å². The second-order valence-electron chi connectivity index (χ2n) is 9.50. The molecule has 1 aliphatic heterocycles. The van der Waals surface area contributed by atoms with Crippen LogP contribution in [-0.4, -0.2) is 48.6 Å². The highest BCUT2D eigenvalue weighted by Crippen LogP contribution is 2.25. The first-order valence-corrected chi connectivity index (χ1v) is 13.4. The first kappa shape index (κ1) is 22.9. The fraction of sp³-hybridized carbons (Fsp3) is 0.333. The minimum atomic E-state index is -0.340. The van der Waals surface area contributed by atoms with Gasteiger partial charge in [0.15, 0.2) is 0 Å². The van der Waals surface area contributed by atoms with Crippen molar-refractivity contribution in [2.45, 2.75) is 32.4 Å². The van der Waals surface area contributed by atoms with E-state index >= 15 is 0 Å². The average Bonchev–Trinajstić information content (AvgIpc) is 3.53. The molecule has 1 saturated heterocycles. The zero-order chi connectivity index (χ0) is 24.5. The van der Waals surface area contributed by atoms with Gasteiger partial charge in [0.25, 0.3) is 5.56 Å². The van der Waals surface area contributed by atoms with E-state index in [0.29, 0.717) is 29.9 Å². The van der Waals surface area contributed by atoms with E-state index in [4.69, 9.17) is 4.98 Å². The second-order valence-corrected chi connectivity index (χ2v) is 10.2. The summed E-state index contributed by atoms with van der Waals surface area (Å²) in [6.45, 7) is 3.74. The minimum absolute atomic E-state index is 0.219. The standard InChI is InChI=1S/C27H28N6O2S/c34-26-21-5-1-2-6-22(21)30-27(35)32(26)14-13-31-11-9-19(10-12-31)15-25-29-23-7-3-4-8-24(23)33(25)16-20-17-36-18-28-20/h1-8,17-19H,9-16H2,(H,30,35). The summed E-state index contributed by atoms with van der Waals surface area (Å²) in [6, 6.07) is 15.5. The zero-order valence-electron chi connectivity index (χ0n) is 20.0. The number of hydrogen-bond donors (Lipinski definition) is 1. The third kappa shape index (κ3) is 4.52. The number of benzene rings is 2. The van der Waals surface area contributed by atoms with Crippen LogP contribution in [0.15, 0.2) is 69.0 Å². The number of fused-ring (bicyclic) bond motifs is 2. The normalized spacial score (nSPS) is 15.2. The Balaban J connectivity index is 1.11. The lowest BCUT2D eigenvalue weighted by Crippen LogP contribution is -2.41. The Bertz CT molecular complexity index is 1610. The van der Waals surface area contributed by atoms with Crippen LogP contribution in [0.1, 0.15) is 24.4 Å². The van der Waals surface area contributed by atoms with Crippen molar-refractivity contribution in [2.75, 3.05) is 19.6 Å². The van der Waals surface area contributed by atoms with Gasteiger partial charge in [-0.15, -0.1) is 11.3 Å². The van der Waals surface area contributed by atoms with Gasteiger partial charge in [-0.3, -0.25) is 9.36 Å². The number of para-hydroxylation sites is 3. The highest BCUT2D eigenvalue weighted by Gasteiger charge is 2.23. The number of nitrogens with zero attached hydrogens (tertiary/aromatic N) is 5. The Morgan fingerprint density at radius 2 is 1.78 bits per heavy atom. The summed E-state index contributed by atoms with van der Waals surface area (Å²) in [5.74, 6) is 1.68. The smallest absolute Gasteiger partial charge is 0.322 e. The van der Waals surface area contributed by atoms with Crippen molar-refractivity contribution >= 4 is 33.3 Å². The lowest BCUT2D eigenvalue weighted by atomic mass is 9.93. The Hall–Kier alpha value is -3.56. The number of rotatable bonds is 7. The van der Waals surface area contributed by atoms with Gasteiger partial charge in [-0.25, -0.2) is 14.8 Å². The van der Waals surface area contributed by atoms with Gasteiger partial charge in [0, 0.05) is 24.9 Å². The molecule has 0 unspecified atom stereocenters. The van der Waals surface area contributed by atoms with E-state index in [1.165, 1.54) is 4.57 Å². The molecule has 6 rings (SSSR count). The molecule has 4 heterocycles. The maximum atomic E-state index is 12.8. The number of aromatic nitrogens is 5. The van der Waals surface area contributed by atoms with Gasteiger partial charge in [0.05, 0.1) is 39.7 Å². The van der Waals surface area contributed by atoms with Gasteiger partial charge in [0.2, 0.25) is 0 Å². The van der Waals surface area contributed by atoms with Gasteiger partial charge in [-0.1, -0.05) is 24.3 Å². The topological polar surface area (TPSA) is 88.8 Å². The molecule has 1 fully saturated rings. The lowest BCUT2D eigenvalue weighted by Gasteiger charge is -2.32. The van der Waals surface area contributed by atoms with E-state index < -0.39 is 0 Å². The Labute approximate surface area is 211 Å². The number of imidazole rings is 1. The Morgan fingerprint density at radius 1 is 0.972 bits per heavy atom. The highest BCUT2D eigenvalue weighted by atomic mass is 32.1. The summed E-state index contributed by atoms with van der Waals surface area (Å²) < 4.78 is 3.64. The Morgan fingerprint density at radius 3 is 2.61 bits per heavy atom. The summed E-state index contributed by atoms with van der Waals surface area (Å²) in [4.78, 5) is 39.9. The molecular weight excluding hydrogens is 472 g/mol. The molecule has 0 amide bonds.